The summed E-state index contributed by atoms with van der Waals surface area (Å²) in [6.45, 7) is 5.81. The Morgan fingerprint density at radius 3 is 2.72 bits per heavy atom. The van der Waals surface area contributed by atoms with Gasteiger partial charge >= 0.3 is 5.97 Å². The molecule has 1 saturated carbocycles. The third kappa shape index (κ3) is 6.39. The summed E-state index contributed by atoms with van der Waals surface area (Å²) < 4.78 is 4.90. The minimum atomic E-state index is -0.0497. The molecule has 0 aromatic rings. The molecule has 0 radical (unpaired) electrons. The van der Waals surface area contributed by atoms with Crippen LogP contribution in [0.1, 0.15) is 65.2 Å². The van der Waals surface area contributed by atoms with Crippen molar-refractivity contribution in [3.63, 3.8) is 0 Å². The summed E-state index contributed by atoms with van der Waals surface area (Å²) in [4.78, 5) is 11.1. The monoisotopic (exact) mass is 255 g/mol. The van der Waals surface area contributed by atoms with Crippen LogP contribution in [0, 0.1) is 5.92 Å². The molecule has 3 heteroatoms. The molecule has 106 valence electrons. The zero-order valence-corrected chi connectivity index (χ0v) is 12.0. The Morgan fingerprint density at radius 2 is 2.00 bits per heavy atom. The number of rotatable bonds is 8. The molecule has 0 aromatic carbocycles. The van der Waals surface area contributed by atoms with Gasteiger partial charge in [-0.15, -0.1) is 0 Å². The fourth-order valence-electron chi connectivity index (χ4n) is 2.71. The first kappa shape index (κ1) is 15.5. The molecule has 1 rings (SSSR count). The van der Waals surface area contributed by atoms with Crippen LogP contribution in [0.2, 0.25) is 0 Å². The molecule has 3 nitrogen and oxygen atoms in total. The van der Waals surface area contributed by atoms with E-state index in [-0.39, 0.29) is 5.97 Å². The van der Waals surface area contributed by atoms with E-state index in [9.17, 15) is 4.79 Å². The van der Waals surface area contributed by atoms with Crippen LogP contribution in [-0.4, -0.2) is 25.2 Å². The van der Waals surface area contributed by atoms with Gasteiger partial charge in [-0.1, -0.05) is 26.2 Å². The zero-order chi connectivity index (χ0) is 13.2. The van der Waals surface area contributed by atoms with Crippen LogP contribution in [0.15, 0.2) is 0 Å². The third-order valence-corrected chi connectivity index (χ3v) is 3.88. The second-order valence-corrected chi connectivity index (χ2v) is 5.44. The molecule has 0 heterocycles. The summed E-state index contributed by atoms with van der Waals surface area (Å²) in [5.41, 5.74) is 0. The Bertz CT molecular complexity index is 231. The third-order valence-electron chi connectivity index (χ3n) is 3.88. The maximum absolute atomic E-state index is 11.1. The minimum absolute atomic E-state index is 0.0497. The number of ether oxygens (including phenoxy) is 1. The van der Waals surface area contributed by atoms with Crippen molar-refractivity contribution < 1.29 is 9.53 Å². The molecule has 0 aromatic heterocycles. The van der Waals surface area contributed by atoms with Gasteiger partial charge in [0.15, 0.2) is 0 Å². The molecular formula is C15H29NO2. The highest BCUT2D eigenvalue weighted by Gasteiger charge is 2.19. The first-order valence-electron chi connectivity index (χ1n) is 7.63. The first-order chi connectivity index (χ1) is 8.74. The lowest BCUT2D eigenvalue weighted by molar-refractivity contribution is -0.143. The Labute approximate surface area is 112 Å². The number of carbonyl (C=O) groups is 1. The summed E-state index contributed by atoms with van der Waals surface area (Å²) in [7, 11) is 0. The Hall–Kier alpha value is -0.570. The SMILES string of the molecule is CCOC(=O)CCCCCNC1CCCCC1C. The van der Waals surface area contributed by atoms with E-state index in [1.54, 1.807) is 0 Å². The van der Waals surface area contributed by atoms with Crippen LogP contribution in [-0.2, 0) is 9.53 Å². The predicted octanol–water partition coefficient (Wildman–Crippen LogP) is 3.28. The maximum atomic E-state index is 11.1. The van der Waals surface area contributed by atoms with Crippen LogP contribution in [0.4, 0.5) is 0 Å². The molecule has 0 amide bonds. The standard InChI is InChI=1S/C15H29NO2/c1-3-18-15(17)11-5-4-8-12-16-14-10-7-6-9-13(14)2/h13-14,16H,3-12H2,1-2H3. The molecular weight excluding hydrogens is 226 g/mol. The van der Waals surface area contributed by atoms with Crippen molar-refractivity contribution in [2.75, 3.05) is 13.2 Å². The highest BCUT2D eigenvalue weighted by molar-refractivity contribution is 5.69. The number of hydrogen-bond donors (Lipinski definition) is 1. The van der Waals surface area contributed by atoms with Crippen molar-refractivity contribution in [3.8, 4) is 0 Å². The molecule has 2 atom stereocenters. The van der Waals surface area contributed by atoms with Crippen LogP contribution in [0.25, 0.3) is 0 Å². The molecule has 2 unspecified atom stereocenters. The van der Waals surface area contributed by atoms with E-state index in [4.69, 9.17) is 4.74 Å². The van der Waals surface area contributed by atoms with Crippen molar-refractivity contribution >= 4 is 5.97 Å². The van der Waals surface area contributed by atoms with E-state index in [2.05, 4.69) is 12.2 Å². The molecule has 1 aliphatic carbocycles. The summed E-state index contributed by atoms with van der Waals surface area (Å²) in [6, 6.07) is 0.726. The lowest BCUT2D eigenvalue weighted by Gasteiger charge is -2.29. The Kier molecular flexibility index (Phi) is 8.06. The van der Waals surface area contributed by atoms with Crippen LogP contribution < -0.4 is 5.32 Å². The molecule has 18 heavy (non-hydrogen) atoms. The maximum Gasteiger partial charge on any atom is 0.305 e. The molecule has 1 fully saturated rings. The summed E-state index contributed by atoms with van der Waals surface area (Å²) >= 11 is 0. The van der Waals surface area contributed by atoms with Crippen molar-refractivity contribution in [2.45, 2.75) is 71.3 Å². The zero-order valence-electron chi connectivity index (χ0n) is 12.0. The Balaban J connectivity index is 1.93. The quantitative estimate of drug-likeness (QED) is 0.534. The van der Waals surface area contributed by atoms with E-state index in [1.165, 1.54) is 32.1 Å². The summed E-state index contributed by atoms with van der Waals surface area (Å²) in [5, 5.41) is 3.67. The average molecular weight is 255 g/mol. The fraction of sp³-hybridized carbons (Fsp3) is 0.933. The normalized spacial score (nSPS) is 23.9. The molecule has 1 aliphatic rings. The van der Waals surface area contributed by atoms with E-state index >= 15 is 0 Å². The van der Waals surface area contributed by atoms with E-state index in [0.29, 0.717) is 13.0 Å². The van der Waals surface area contributed by atoms with Gasteiger partial charge in [-0.2, -0.15) is 0 Å². The van der Waals surface area contributed by atoms with E-state index < -0.39 is 0 Å². The molecule has 0 saturated heterocycles. The molecule has 0 bridgehead atoms. The number of nitrogens with one attached hydrogen (secondary N) is 1. The van der Waals surface area contributed by atoms with Crippen molar-refractivity contribution in [1.82, 2.24) is 5.32 Å². The molecule has 0 spiro atoms. The van der Waals surface area contributed by atoms with Crippen LogP contribution in [0.5, 0.6) is 0 Å². The smallest absolute Gasteiger partial charge is 0.305 e. The van der Waals surface area contributed by atoms with Gasteiger partial charge in [0.2, 0.25) is 0 Å². The van der Waals surface area contributed by atoms with Gasteiger partial charge in [0.05, 0.1) is 6.61 Å². The van der Waals surface area contributed by atoms with Crippen molar-refractivity contribution in [3.05, 3.63) is 0 Å². The van der Waals surface area contributed by atoms with Gasteiger partial charge in [0, 0.05) is 12.5 Å². The van der Waals surface area contributed by atoms with Gasteiger partial charge in [-0.05, 0) is 45.1 Å². The number of esters is 1. The van der Waals surface area contributed by atoms with Gasteiger partial charge in [0.1, 0.15) is 0 Å². The number of unbranched alkanes of at least 4 members (excludes halogenated alkanes) is 2. The number of hydrogen-bond acceptors (Lipinski definition) is 3. The average Bonchev–Trinajstić information content (AvgIpc) is 2.36. The van der Waals surface area contributed by atoms with Crippen LogP contribution in [0.3, 0.4) is 0 Å². The first-order valence-corrected chi connectivity index (χ1v) is 7.63. The van der Waals surface area contributed by atoms with Gasteiger partial charge in [-0.25, -0.2) is 0 Å². The highest BCUT2D eigenvalue weighted by atomic mass is 16.5. The summed E-state index contributed by atoms with van der Waals surface area (Å²) in [5.74, 6) is 0.782. The fourth-order valence-corrected chi connectivity index (χ4v) is 2.71. The highest BCUT2D eigenvalue weighted by Crippen LogP contribution is 2.23. The molecule has 0 aliphatic heterocycles. The lowest BCUT2D eigenvalue weighted by atomic mass is 9.86. The van der Waals surface area contributed by atoms with E-state index in [1.807, 2.05) is 6.92 Å². The second-order valence-electron chi connectivity index (χ2n) is 5.44. The van der Waals surface area contributed by atoms with Crippen molar-refractivity contribution in [2.24, 2.45) is 5.92 Å². The van der Waals surface area contributed by atoms with Gasteiger partial charge in [0.25, 0.3) is 0 Å². The van der Waals surface area contributed by atoms with Crippen LogP contribution >= 0.6 is 0 Å². The second kappa shape index (κ2) is 9.37. The predicted molar refractivity (Wildman–Crippen MR) is 74.5 cm³/mol. The largest absolute Gasteiger partial charge is 0.466 e. The Morgan fingerprint density at radius 1 is 1.22 bits per heavy atom. The lowest BCUT2D eigenvalue weighted by Crippen LogP contribution is -2.37. The van der Waals surface area contributed by atoms with E-state index in [0.717, 1.165) is 31.3 Å². The number of carbonyl (C=O) groups excluding carboxylic acids is 1. The summed E-state index contributed by atoms with van der Waals surface area (Å²) in [6.07, 6.45) is 9.32. The minimum Gasteiger partial charge on any atom is -0.466 e. The van der Waals surface area contributed by atoms with Gasteiger partial charge in [-0.3, -0.25) is 4.79 Å². The van der Waals surface area contributed by atoms with Gasteiger partial charge < -0.3 is 10.1 Å². The molecule has 1 N–H and O–H groups in total. The van der Waals surface area contributed by atoms with Crippen molar-refractivity contribution in [1.29, 1.82) is 0 Å². The topological polar surface area (TPSA) is 38.3 Å².